The number of rotatable bonds is 7. The molecule has 0 saturated carbocycles. The molecule has 1 atom stereocenters. The van der Waals surface area contributed by atoms with Crippen molar-refractivity contribution in [1.29, 1.82) is 0 Å². The van der Waals surface area contributed by atoms with Gasteiger partial charge in [0.1, 0.15) is 5.75 Å². The molecule has 0 aliphatic carbocycles. The molecule has 4 heteroatoms. The molecule has 1 saturated heterocycles. The zero-order valence-corrected chi connectivity index (χ0v) is 13.8. The Balaban J connectivity index is 1.72. The molecule has 0 spiro atoms. The number of carbonyl (C=O) groups excluding carboxylic acids is 1. The van der Waals surface area contributed by atoms with Crippen LogP contribution in [0.5, 0.6) is 5.75 Å². The number of nitrogens with zero attached hydrogens (tertiary/aromatic N) is 1. The van der Waals surface area contributed by atoms with E-state index in [2.05, 4.69) is 17.1 Å². The molecule has 1 aromatic rings. The molecule has 122 valence electrons. The third-order valence-electron chi connectivity index (χ3n) is 4.46. The van der Waals surface area contributed by atoms with Crippen molar-refractivity contribution in [2.75, 3.05) is 26.7 Å². The van der Waals surface area contributed by atoms with Crippen LogP contribution in [0.3, 0.4) is 0 Å². The molecule has 1 aliphatic heterocycles. The van der Waals surface area contributed by atoms with Gasteiger partial charge in [0.2, 0.25) is 0 Å². The predicted molar refractivity (Wildman–Crippen MR) is 89.4 cm³/mol. The first-order valence-corrected chi connectivity index (χ1v) is 8.41. The second kappa shape index (κ2) is 8.79. The zero-order chi connectivity index (χ0) is 15.8. The lowest BCUT2D eigenvalue weighted by Crippen LogP contribution is -2.40. The third kappa shape index (κ3) is 4.73. The molecule has 0 unspecified atom stereocenters. The minimum atomic E-state index is -0.0235. The van der Waals surface area contributed by atoms with Gasteiger partial charge in [-0.2, -0.15) is 0 Å². The zero-order valence-electron chi connectivity index (χ0n) is 13.8. The number of hydrogen-bond acceptors (Lipinski definition) is 3. The number of likely N-dealkylation sites (tertiary alicyclic amines) is 1. The van der Waals surface area contributed by atoms with Gasteiger partial charge in [0.05, 0.1) is 7.11 Å². The van der Waals surface area contributed by atoms with Crippen molar-refractivity contribution in [2.45, 2.75) is 45.1 Å². The minimum Gasteiger partial charge on any atom is -0.497 e. The summed E-state index contributed by atoms with van der Waals surface area (Å²) in [5.41, 5.74) is 0.656. The van der Waals surface area contributed by atoms with Gasteiger partial charge < -0.3 is 15.0 Å². The maximum Gasteiger partial charge on any atom is 0.251 e. The Kier molecular flexibility index (Phi) is 6.72. The summed E-state index contributed by atoms with van der Waals surface area (Å²) in [6.45, 7) is 5.29. The van der Waals surface area contributed by atoms with E-state index in [1.165, 1.54) is 32.2 Å². The van der Waals surface area contributed by atoms with Crippen LogP contribution < -0.4 is 10.1 Å². The number of ether oxygens (including phenoxy) is 1. The smallest absolute Gasteiger partial charge is 0.251 e. The second-order valence-electron chi connectivity index (χ2n) is 5.94. The molecule has 4 nitrogen and oxygen atoms in total. The van der Waals surface area contributed by atoms with E-state index in [0.717, 1.165) is 25.6 Å². The Hall–Kier alpha value is -1.55. The number of carbonyl (C=O) groups is 1. The topological polar surface area (TPSA) is 41.6 Å². The van der Waals surface area contributed by atoms with Gasteiger partial charge in [-0.05, 0) is 50.4 Å². The van der Waals surface area contributed by atoms with Crippen molar-refractivity contribution < 1.29 is 9.53 Å². The van der Waals surface area contributed by atoms with E-state index < -0.39 is 0 Å². The maximum absolute atomic E-state index is 12.1. The van der Waals surface area contributed by atoms with Gasteiger partial charge in [-0.15, -0.1) is 0 Å². The monoisotopic (exact) mass is 304 g/mol. The lowest BCUT2D eigenvalue weighted by Gasteiger charge is -2.35. The highest BCUT2D eigenvalue weighted by molar-refractivity contribution is 5.94. The lowest BCUT2D eigenvalue weighted by molar-refractivity contribution is 0.0947. The van der Waals surface area contributed by atoms with E-state index in [0.29, 0.717) is 11.3 Å². The standard InChI is InChI=1S/C18H28N2O2/c1-3-16-9-4-5-12-20(16)13-7-11-19-18(21)15-8-6-10-17(14-15)22-2/h6,8,10,14,16H,3-5,7,9,11-13H2,1-2H3,(H,19,21)/t16-/m0/s1. The van der Waals surface area contributed by atoms with E-state index in [-0.39, 0.29) is 5.91 Å². The van der Waals surface area contributed by atoms with E-state index >= 15 is 0 Å². The highest BCUT2D eigenvalue weighted by atomic mass is 16.5. The number of benzene rings is 1. The first kappa shape index (κ1) is 16.8. The average Bonchev–Trinajstić information content (AvgIpc) is 2.58. The van der Waals surface area contributed by atoms with Crippen molar-refractivity contribution in [1.82, 2.24) is 10.2 Å². The molecule has 0 aromatic heterocycles. The highest BCUT2D eigenvalue weighted by Gasteiger charge is 2.19. The Morgan fingerprint density at radius 1 is 1.41 bits per heavy atom. The summed E-state index contributed by atoms with van der Waals surface area (Å²) in [5, 5.41) is 3.00. The van der Waals surface area contributed by atoms with Crippen LogP contribution >= 0.6 is 0 Å². The summed E-state index contributed by atoms with van der Waals surface area (Å²) in [7, 11) is 1.61. The molecule has 1 amide bonds. The summed E-state index contributed by atoms with van der Waals surface area (Å²) in [5.74, 6) is 0.691. The van der Waals surface area contributed by atoms with Crippen LogP contribution in [0.25, 0.3) is 0 Å². The molecule has 1 N–H and O–H groups in total. The van der Waals surface area contributed by atoms with Crippen molar-refractivity contribution in [3.05, 3.63) is 29.8 Å². The lowest BCUT2D eigenvalue weighted by atomic mass is 10.00. The molecule has 1 heterocycles. The van der Waals surface area contributed by atoms with Gasteiger partial charge in [-0.1, -0.05) is 19.4 Å². The van der Waals surface area contributed by atoms with Crippen LogP contribution in [0.1, 0.15) is 49.4 Å². The largest absolute Gasteiger partial charge is 0.497 e. The van der Waals surface area contributed by atoms with Crippen LogP contribution in [0.15, 0.2) is 24.3 Å². The Labute approximate surface area is 133 Å². The molecular weight excluding hydrogens is 276 g/mol. The van der Waals surface area contributed by atoms with Crippen LogP contribution in [-0.4, -0.2) is 43.6 Å². The molecule has 1 aromatic carbocycles. The molecule has 2 rings (SSSR count). The van der Waals surface area contributed by atoms with E-state index in [1.807, 2.05) is 18.2 Å². The summed E-state index contributed by atoms with van der Waals surface area (Å²) >= 11 is 0. The van der Waals surface area contributed by atoms with Gasteiger partial charge in [-0.3, -0.25) is 4.79 Å². The predicted octanol–water partition coefficient (Wildman–Crippen LogP) is 3.08. The van der Waals surface area contributed by atoms with Crippen LogP contribution in [-0.2, 0) is 0 Å². The number of hydrogen-bond donors (Lipinski definition) is 1. The van der Waals surface area contributed by atoms with Crippen LogP contribution in [0.2, 0.25) is 0 Å². The van der Waals surface area contributed by atoms with Gasteiger partial charge in [0, 0.05) is 24.7 Å². The number of piperidine rings is 1. The average molecular weight is 304 g/mol. The van der Waals surface area contributed by atoms with Gasteiger partial charge in [-0.25, -0.2) is 0 Å². The molecule has 0 bridgehead atoms. The SMILES string of the molecule is CC[C@H]1CCCCN1CCCNC(=O)c1cccc(OC)c1. The van der Waals surface area contributed by atoms with E-state index in [4.69, 9.17) is 4.74 Å². The Morgan fingerprint density at radius 3 is 3.05 bits per heavy atom. The fourth-order valence-corrected chi connectivity index (χ4v) is 3.17. The maximum atomic E-state index is 12.1. The summed E-state index contributed by atoms with van der Waals surface area (Å²) < 4.78 is 5.15. The number of nitrogens with one attached hydrogen (secondary N) is 1. The van der Waals surface area contributed by atoms with Crippen molar-refractivity contribution in [2.24, 2.45) is 0 Å². The molecule has 22 heavy (non-hydrogen) atoms. The summed E-state index contributed by atoms with van der Waals surface area (Å²) in [4.78, 5) is 14.7. The van der Waals surface area contributed by atoms with Crippen LogP contribution in [0.4, 0.5) is 0 Å². The van der Waals surface area contributed by atoms with Gasteiger partial charge in [0.25, 0.3) is 5.91 Å². The first-order chi connectivity index (χ1) is 10.7. The normalized spacial score (nSPS) is 18.9. The molecule has 0 radical (unpaired) electrons. The van der Waals surface area contributed by atoms with Crippen molar-refractivity contribution >= 4 is 5.91 Å². The first-order valence-electron chi connectivity index (χ1n) is 8.41. The quantitative estimate of drug-likeness (QED) is 0.787. The summed E-state index contributed by atoms with van der Waals surface area (Å²) in [6, 6.07) is 8.01. The summed E-state index contributed by atoms with van der Waals surface area (Å²) in [6.07, 6.45) is 6.24. The minimum absolute atomic E-state index is 0.0235. The van der Waals surface area contributed by atoms with Crippen LogP contribution in [0, 0.1) is 0 Å². The molecule has 1 fully saturated rings. The number of methoxy groups -OCH3 is 1. The van der Waals surface area contributed by atoms with Crippen molar-refractivity contribution in [3.63, 3.8) is 0 Å². The van der Waals surface area contributed by atoms with E-state index in [1.54, 1.807) is 13.2 Å². The fraction of sp³-hybridized carbons (Fsp3) is 0.611. The van der Waals surface area contributed by atoms with Crippen molar-refractivity contribution in [3.8, 4) is 5.75 Å². The van der Waals surface area contributed by atoms with Gasteiger partial charge >= 0.3 is 0 Å². The number of amides is 1. The molecular formula is C18H28N2O2. The Morgan fingerprint density at radius 2 is 2.27 bits per heavy atom. The van der Waals surface area contributed by atoms with E-state index in [9.17, 15) is 4.79 Å². The highest BCUT2D eigenvalue weighted by Crippen LogP contribution is 2.19. The second-order valence-corrected chi connectivity index (χ2v) is 5.94. The third-order valence-corrected chi connectivity index (χ3v) is 4.46. The molecule has 1 aliphatic rings. The Bertz CT molecular complexity index is 476. The fourth-order valence-electron chi connectivity index (χ4n) is 3.17. The van der Waals surface area contributed by atoms with Gasteiger partial charge in [0.15, 0.2) is 0 Å².